The number of nitrogens with zero attached hydrogens (tertiary/aromatic N) is 3. The molecule has 1 fully saturated rings. The quantitative estimate of drug-likeness (QED) is 0.718. The average Bonchev–Trinajstić information content (AvgIpc) is 3.39. The van der Waals surface area contributed by atoms with E-state index in [1.165, 1.54) is 11.3 Å². The van der Waals surface area contributed by atoms with E-state index in [2.05, 4.69) is 46.5 Å². The highest BCUT2D eigenvalue weighted by atomic mass is 16.1. The maximum absolute atomic E-state index is 12.6. The van der Waals surface area contributed by atoms with Gasteiger partial charge in [-0.25, -0.2) is 0 Å². The van der Waals surface area contributed by atoms with Gasteiger partial charge < -0.3 is 10.2 Å². The van der Waals surface area contributed by atoms with Crippen LogP contribution < -0.4 is 10.2 Å². The zero-order valence-electron chi connectivity index (χ0n) is 16.2. The Kier molecular flexibility index (Phi) is 5.42. The number of benzene rings is 2. The predicted molar refractivity (Wildman–Crippen MR) is 112 cm³/mol. The molecule has 0 unspecified atom stereocenters. The molecule has 1 N–H and O–H groups in total. The van der Waals surface area contributed by atoms with Crippen LogP contribution in [0.3, 0.4) is 0 Å². The van der Waals surface area contributed by atoms with E-state index in [0.29, 0.717) is 24.6 Å². The summed E-state index contributed by atoms with van der Waals surface area (Å²) in [6.07, 6.45) is 4.79. The van der Waals surface area contributed by atoms with Crippen molar-refractivity contribution in [2.75, 3.05) is 24.5 Å². The normalized spacial score (nSPS) is 16.3. The zero-order valence-corrected chi connectivity index (χ0v) is 16.2. The smallest absolute Gasteiger partial charge is 0.251 e. The Hall–Kier alpha value is -3.08. The Morgan fingerprint density at radius 3 is 2.89 bits per heavy atom. The van der Waals surface area contributed by atoms with Gasteiger partial charge in [0.25, 0.3) is 5.91 Å². The number of carbonyl (C=O) groups is 1. The summed E-state index contributed by atoms with van der Waals surface area (Å²) >= 11 is 0. The second kappa shape index (κ2) is 8.30. The molecule has 28 heavy (non-hydrogen) atoms. The van der Waals surface area contributed by atoms with E-state index < -0.39 is 0 Å². The fourth-order valence-electron chi connectivity index (χ4n) is 3.87. The molecule has 0 saturated carbocycles. The molecule has 1 saturated heterocycles. The van der Waals surface area contributed by atoms with E-state index in [1.807, 2.05) is 41.2 Å². The summed E-state index contributed by atoms with van der Waals surface area (Å²) in [5.41, 5.74) is 4.39. The first-order chi connectivity index (χ1) is 13.7. The SMILES string of the molecule is Cc1ccccc1N1CC[C@@H](CNC(=O)c2cccc(Cn3cccn3)c2)C1. The van der Waals surface area contributed by atoms with Crippen LogP contribution in [0.2, 0.25) is 0 Å². The van der Waals surface area contributed by atoms with Crippen LogP contribution in [0, 0.1) is 12.8 Å². The second-order valence-corrected chi connectivity index (χ2v) is 7.50. The summed E-state index contributed by atoms with van der Waals surface area (Å²) in [5, 5.41) is 7.35. The minimum atomic E-state index is -0.00310. The Labute approximate surface area is 166 Å². The Morgan fingerprint density at radius 2 is 2.07 bits per heavy atom. The van der Waals surface area contributed by atoms with Gasteiger partial charge in [0.1, 0.15) is 0 Å². The number of aromatic nitrogens is 2. The van der Waals surface area contributed by atoms with Gasteiger partial charge in [0.15, 0.2) is 0 Å². The number of anilines is 1. The Bertz CT molecular complexity index is 935. The molecule has 0 bridgehead atoms. The highest BCUT2D eigenvalue weighted by Gasteiger charge is 2.24. The van der Waals surface area contributed by atoms with Crippen LogP contribution in [0.5, 0.6) is 0 Å². The first-order valence-electron chi connectivity index (χ1n) is 9.84. The third-order valence-corrected chi connectivity index (χ3v) is 5.39. The van der Waals surface area contributed by atoms with Crippen molar-refractivity contribution in [1.29, 1.82) is 0 Å². The lowest BCUT2D eigenvalue weighted by molar-refractivity contribution is 0.0948. The first-order valence-corrected chi connectivity index (χ1v) is 9.84. The van der Waals surface area contributed by atoms with E-state index in [1.54, 1.807) is 6.20 Å². The lowest BCUT2D eigenvalue weighted by atomic mass is 10.1. The minimum Gasteiger partial charge on any atom is -0.371 e. The number of amides is 1. The molecule has 1 aliphatic heterocycles. The van der Waals surface area contributed by atoms with Crippen molar-refractivity contribution < 1.29 is 4.79 Å². The summed E-state index contributed by atoms with van der Waals surface area (Å²) in [5.74, 6) is 0.479. The van der Waals surface area contributed by atoms with Gasteiger partial charge in [0, 0.05) is 43.3 Å². The first kappa shape index (κ1) is 18.3. The van der Waals surface area contributed by atoms with Crippen LogP contribution in [0.15, 0.2) is 67.0 Å². The number of nitrogens with one attached hydrogen (secondary N) is 1. The van der Waals surface area contributed by atoms with Crippen molar-refractivity contribution in [3.8, 4) is 0 Å². The molecule has 1 aromatic heterocycles. The standard InChI is InChI=1S/C23H26N4O/c1-18-6-2-3-9-22(18)26-13-10-20(16-26)15-24-23(28)21-8-4-7-19(14-21)17-27-12-5-11-25-27/h2-9,11-12,14,20H,10,13,15-17H2,1H3,(H,24,28)/t20-/m0/s1. The predicted octanol–water partition coefficient (Wildman–Crippen LogP) is 3.50. The molecule has 5 nitrogen and oxygen atoms in total. The molecule has 144 valence electrons. The fraction of sp³-hybridized carbons (Fsp3) is 0.304. The zero-order chi connectivity index (χ0) is 19.3. The molecule has 5 heteroatoms. The molecular weight excluding hydrogens is 348 g/mol. The van der Waals surface area contributed by atoms with E-state index in [0.717, 1.165) is 25.1 Å². The third-order valence-electron chi connectivity index (χ3n) is 5.39. The Morgan fingerprint density at radius 1 is 1.18 bits per heavy atom. The molecule has 1 aliphatic rings. The van der Waals surface area contributed by atoms with Gasteiger partial charge in [0.2, 0.25) is 0 Å². The molecule has 1 amide bonds. The van der Waals surface area contributed by atoms with Gasteiger partial charge in [-0.1, -0.05) is 30.3 Å². The molecule has 3 aromatic rings. The molecule has 2 aromatic carbocycles. The van der Waals surface area contributed by atoms with Crippen molar-refractivity contribution in [2.24, 2.45) is 5.92 Å². The van der Waals surface area contributed by atoms with Gasteiger partial charge in [-0.15, -0.1) is 0 Å². The molecular formula is C23H26N4O. The number of aryl methyl sites for hydroxylation is 1. The van der Waals surface area contributed by atoms with Gasteiger partial charge in [-0.2, -0.15) is 5.10 Å². The molecule has 0 radical (unpaired) electrons. The van der Waals surface area contributed by atoms with Crippen LogP contribution in [-0.4, -0.2) is 35.3 Å². The summed E-state index contributed by atoms with van der Waals surface area (Å²) in [4.78, 5) is 15.0. The van der Waals surface area contributed by atoms with Crippen molar-refractivity contribution in [3.63, 3.8) is 0 Å². The summed E-state index contributed by atoms with van der Waals surface area (Å²) in [6.45, 7) is 5.57. The summed E-state index contributed by atoms with van der Waals surface area (Å²) in [7, 11) is 0. The van der Waals surface area contributed by atoms with E-state index >= 15 is 0 Å². The van der Waals surface area contributed by atoms with E-state index in [-0.39, 0.29) is 5.91 Å². The molecule has 0 aliphatic carbocycles. The second-order valence-electron chi connectivity index (χ2n) is 7.50. The van der Waals surface area contributed by atoms with Gasteiger partial charge in [0.05, 0.1) is 6.54 Å². The average molecular weight is 374 g/mol. The van der Waals surface area contributed by atoms with Crippen LogP contribution in [0.25, 0.3) is 0 Å². The van der Waals surface area contributed by atoms with E-state index in [9.17, 15) is 4.79 Å². The number of para-hydroxylation sites is 1. The van der Waals surface area contributed by atoms with Gasteiger partial charge in [-0.05, 0) is 54.7 Å². The molecule has 2 heterocycles. The molecule has 0 spiro atoms. The number of hydrogen-bond donors (Lipinski definition) is 1. The maximum atomic E-state index is 12.6. The van der Waals surface area contributed by atoms with Crippen molar-refractivity contribution >= 4 is 11.6 Å². The Balaban J connectivity index is 1.32. The highest BCUT2D eigenvalue weighted by molar-refractivity contribution is 5.94. The lowest BCUT2D eigenvalue weighted by Gasteiger charge is -2.21. The highest BCUT2D eigenvalue weighted by Crippen LogP contribution is 2.26. The van der Waals surface area contributed by atoms with E-state index in [4.69, 9.17) is 0 Å². The van der Waals surface area contributed by atoms with Gasteiger partial charge >= 0.3 is 0 Å². The topological polar surface area (TPSA) is 50.2 Å². The van der Waals surface area contributed by atoms with Crippen molar-refractivity contribution in [3.05, 3.63) is 83.7 Å². The monoisotopic (exact) mass is 374 g/mol. The van der Waals surface area contributed by atoms with Crippen LogP contribution >= 0.6 is 0 Å². The van der Waals surface area contributed by atoms with Crippen molar-refractivity contribution in [2.45, 2.75) is 19.9 Å². The number of carbonyl (C=O) groups excluding carboxylic acids is 1. The summed E-state index contributed by atoms with van der Waals surface area (Å²) < 4.78 is 1.86. The van der Waals surface area contributed by atoms with Crippen LogP contribution in [0.1, 0.15) is 27.9 Å². The number of hydrogen-bond acceptors (Lipinski definition) is 3. The molecule has 4 rings (SSSR count). The fourth-order valence-corrected chi connectivity index (χ4v) is 3.87. The van der Waals surface area contributed by atoms with Crippen LogP contribution in [0.4, 0.5) is 5.69 Å². The number of rotatable bonds is 6. The lowest BCUT2D eigenvalue weighted by Crippen LogP contribution is -2.31. The van der Waals surface area contributed by atoms with Crippen molar-refractivity contribution in [1.82, 2.24) is 15.1 Å². The van der Waals surface area contributed by atoms with Gasteiger partial charge in [-0.3, -0.25) is 9.48 Å². The maximum Gasteiger partial charge on any atom is 0.251 e. The third kappa shape index (κ3) is 4.25. The van der Waals surface area contributed by atoms with Crippen LogP contribution in [-0.2, 0) is 6.54 Å². The summed E-state index contributed by atoms with van der Waals surface area (Å²) in [6, 6.07) is 18.2. The molecule has 1 atom stereocenters. The largest absolute Gasteiger partial charge is 0.371 e. The minimum absolute atomic E-state index is 0.00310.